The van der Waals surface area contributed by atoms with Gasteiger partial charge in [0.05, 0.1) is 27.3 Å². The normalized spacial score (nSPS) is 16.8. The van der Waals surface area contributed by atoms with Crippen LogP contribution < -0.4 is 21.5 Å². The summed E-state index contributed by atoms with van der Waals surface area (Å²) in [7, 11) is 1.63. The standard InChI is InChI=1S/C24H29N5O4S/c1-6-11-29(5)23(33)17-18(30)13(8-10-25-17)27-15-16(20(32)19(15)31)28-22-21-14(26-12(2)34-21)7-9-24(22,3)4/h8,10,22,28,30H,6-7,9,11H2,1-5H3,(H,25,27)/t22-/m0/s1. The highest BCUT2D eigenvalue weighted by Gasteiger charge is 2.40. The maximum absolute atomic E-state index is 12.6. The number of fused-ring (bicyclic) bond motifs is 1. The van der Waals surface area contributed by atoms with Gasteiger partial charge in [0.25, 0.3) is 16.8 Å². The third-order valence-corrected chi connectivity index (χ3v) is 7.45. The number of pyridine rings is 1. The molecule has 2 heterocycles. The molecule has 0 fully saturated rings. The van der Waals surface area contributed by atoms with Gasteiger partial charge >= 0.3 is 0 Å². The summed E-state index contributed by atoms with van der Waals surface area (Å²) in [6.45, 7) is 8.67. The summed E-state index contributed by atoms with van der Waals surface area (Å²) in [5.74, 6) is -0.795. The van der Waals surface area contributed by atoms with E-state index in [2.05, 4.69) is 34.4 Å². The van der Waals surface area contributed by atoms with E-state index in [1.807, 2.05) is 13.8 Å². The highest BCUT2D eigenvalue weighted by atomic mass is 32.1. The van der Waals surface area contributed by atoms with Gasteiger partial charge in [0.15, 0.2) is 11.4 Å². The zero-order valence-corrected chi connectivity index (χ0v) is 20.8. The van der Waals surface area contributed by atoms with E-state index in [0.717, 1.165) is 34.8 Å². The molecule has 0 aliphatic heterocycles. The van der Waals surface area contributed by atoms with Gasteiger partial charge in [0.2, 0.25) is 0 Å². The fourth-order valence-corrected chi connectivity index (χ4v) is 5.58. The average Bonchev–Trinajstić information content (AvgIpc) is 3.17. The van der Waals surface area contributed by atoms with Crippen molar-refractivity contribution in [1.82, 2.24) is 14.9 Å². The predicted octanol–water partition coefficient (Wildman–Crippen LogP) is 3.50. The van der Waals surface area contributed by atoms with E-state index < -0.39 is 16.8 Å². The van der Waals surface area contributed by atoms with Crippen LogP contribution >= 0.6 is 11.3 Å². The largest absolute Gasteiger partial charge is 0.504 e. The topological polar surface area (TPSA) is 125 Å². The summed E-state index contributed by atoms with van der Waals surface area (Å²) in [6.07, 6.45) is 3.90. The number of anilines is 3. The molecule has 0 bridgehead atoms. The Labute approximate surface area is 201 Å². The summed E-state index contributed by atoms with van der Waals surface area (Å²) < 4.78 is 0. The molecule has 34 heavy (non-hydrogen) atoms. The van der Waals surface area contributed by atoms with Crippen LogP contribution in [0.1, 0.15) is 65.7 Å². The lowest BCUT2D eigenvalue weighted by Crippen LogP contribution is -2.41. The van der Waals surface area contributed by atoms with Gasteiger partial charge in [0.1, 0.15) is 11.4 Å². The van der Waals surface area contributed by atoms with E-state index in [4.69, 9.17) is 0 Å². The van der Waals surface area contributed by atoms with Crippen molar-refractivity contribution in [3.8, 4) is 5.75 Å². The number of thiazole rings is 1. The molecule has 9 nitrogen and oxygen atoms in total. The molecule has 4 rings (SSSR count). The highest BCUT2D eigenvalue weighted by molar-refractivity contribution is 7.11. The maximum atomic E-state index is 12.6. The quantitative estimate of drug-likeness (QED) is 0.436. The number of hydrogen-bond acceptors (Lipinski definition) is 9. The van der Waals surface area contributed by atoms with E-state index in [0.29, 0.717) is 6.54 Å². The average molecular weight is 484 g/mol. The predicted molar refractivity (Wildman–Crippen MR) is 133 cm³/mol. The first kappa shape index (κ1) is 23.9. The number of carbonyl (C=O) groups excluding carboxylic acids is 1. The second kappa shape index (κ2) is 8.83. The first-order valence-electron chi connectivity index (χ1n) is 11.3. The zero-order valence-electron chi connectivity index (χ0n) is 20.0. The fourth-order valence-electron chi connectivity index (χ4n) is 4.35. The van der Waals surface area contributed by atoms with E-state index in [1.54, 1.807) is 18.4 Å². The molecule has 0 unspecified atom stereocenters. The molecule has 1 amide bonds. The number of aromatic nitrogens is 2. The molecule has 0 saturated carbocycles. The van der Waals surface area contributed by atoms with Gasteiger partial charge in [-0.25, -0.2) is 9.97 Å². The van der Waals surface area contributed by atoms with Crippen LogP contribution in [0.3, 0.4) is 0 Å². The van der Waals surface area contributed by atoms with E-state index in [1.165, 1.54) is 17.2 Å². The summed E-state index contributed by atoms with van der Waals surface area (Å²) >= 11 is 1.60. The van der Waals surface area contributed by atoms with Gasteiger partial charge in [0, 0.05) is 19.8 Å². The lowest BCUT2D eigenvalue weighted by molar-refractivity contribution is 0.0786. The first-order valence-corrected chi connectivity index (χ1v) is 12.1. The van der Waals surface area contributed by atoms with Gasteiger partial charge in [-0.1, -0.05) is 20.8 Å². The maximum Gasteiger partial charge on any atom is 0.276 e. The Morgan fingerprint density at radius 2 is 2.00 bits per heavy atom. The number of nitrogens with one attached hydrogen (secondary N) is 2. The van der Waals surface area contributed by atoms with Crippen molar-refractivity contribution < 1.29 is 9.90 Å². The molecule has 1 aliphatic carbocycles. The van der Waals surface area contributed by atoms with Crippen LogP contribution in [0, 0.1) is 12.3 Å². The van der Waals surface area contributed by atoms with Gasteiger partial charge in [-0.05, 0) is 37.7 Å². The smallest absolute Gasteiger partial charge is 0.276 e. The number of rotatable bonds is 7. The van der Waals surface area contributed by atoms with Crippen molar-refractivity contribution in [3.05, 3.63) is 54.0 Å². The number of carbonyl (C=O) groups is 1. The number of aromatic hydroxyl groups is 1. The monoisotopic (exact) mass is 483 g/mol. The molecule has 10 heteroatoms. The molecule has 3 N–H and O–H groups in total. The molecule has 180 valence electrons. The minimum Gasteiger partial charge on any atom is -0.504 e. The molecule has 0 saturated heterocycles. The van der Waals surface area contributed by atoms with Crippen LogP contribution in [0.2, 0.25) is 0 Å². The Kier molecular flexibility index (Phi) is 6.20. The Hall–Kier alpha value is -3.27. The van der Waals surface area contributed by atoms with Gasteiger partial charge in [-0.15, -0.1) is 11.3 Å². The second-order valence-electron chi connectivity index (χ2n) is 9.43. The number of hydrogen-bond donors (Lipinski definition) is 3. The molecule has 0 radical (unpaired) electrons. The highest BCUT2D eigenvalue weighted by Crippen LogP contribution is 2.47. The molecule has 0 spiro atoms. The first-order chi connectivity index (χ1) is 16.0. The number of amides is 1. The number of aryl methyl sites for hydroxylation is 2. The van der Waals surface area contributed by atoms with Crippen molar-refractivity contribution in [2.75, 3.05) is 24.2 Å². The minimum atomic E-state index is -0.677. The molecule has 2 aromatic heterocycles. The van der Waals surface area contributed by atoms with Crippen LogP contribution in [-0.2, 0) is 6.42 Å². The van der Waals surface area contributed by atoms with Crippen molar-refractivity contribution in [2.24, 2.45) is 5.41 Å². The van der Waals surface area contributed by atoms with Crippen LogP contribution in [0.5, 0.6) is 5.75 Å². The van der Waals surface area contributed by atoms with Crippen molar-refractivity contribution >= 4 is 34.3 Å². The Balaban J connectivity index is 1.65. The van der Waals surface area contributed by atoms with Crippen LogP contribution in [0.25, 0.3) is 0 Å². The number of nitrogens with zero attached hydrogens (tertiary/aromatic N) is 3. The van der Waals surface area contributed by atoms with Gasteiger partial charge < -0.3 is 20.6 Å². The minimum absolute atomic E-state index is 0.0657. The van der Waals surface area contributed by atoms with Crippen LogP contribution in [0.15, 0.2) is 21.9 Å². The molecule has 1 atom stereocenters. The second-order valence-corrected chi connectivity index (χ2v) is 10.7. The molecule has 3 aromatic rings. The lowest BCUT2D eigenvalue weighted by Gasteiger charge is -2.39. The molecular weight excluding hydrogens is 454 g/mol. The van der Waals surface area contributed by atoms with Crippen LogP contribution in [-0.4, -0.2) is 39.5 Å². The van der Waals surface area contributed by atoms with Crippen molar-refractivity contribution in [3.63, 3.8) is 0 Å². The van der Waals surface area contributed by atoms with Crippen molar-refractivity contribution in [1.29, 1.82) is 0 Å². The Morgan fingerprint density at radius 3 is 2.71 bits per heavy atom. The van der Waals surface area contributed by atoms with Crippen LogP contribution in [0.4, 0.5) is 17.1 Å². The van der Waals surface area contributed by atoms with Crippen molar-refractivity contribution in [2.45, 2.75) is 53.0 Å². The van der Waals surface area contributed by atoms with E-state index in [-0.39, 0.29) is 40.0 Å². The Bertz CT molecular complexity index is 1320. The summed E-state index contributed by atoms with van der Waals surface area (Å²) in [6, 6.07) is 1.28. The summed E-state index contributed by atoms with van der Waals surface area (Å²) in [5, 5.41) is 17.8. The fraction of sp³-hybridized carbons (Fsp3) is 0.458. The van der Waals surface area contributed by atoms with E-state index >= 15 is 0 Å². The molecule has 1 aliphatic rings. The summed E-state index contributed by atoms with van der Waals surface area (Å²) in [4.78, 5) is 48.8. The Morgan fingerprint density at radius 1 is 1.29 bits per heavy atom. The lowest BCUT2D eigenvalue weighted by atomic mass is 9.74. The molecule has 1 aromatic carbocycles. The third-order valence-electron chi connectivity index (χ3n) is 6.38. The SMILES string of the molecule is CCCN(C)C(=O)c1nccc(Nc2c(N[C@H]3c4sc(C)nc4CCC3(C)C)c(=O)c2=O)c1O. The molecular formula is C24H29N5O4S. The zero-order chi connectivity index (χ0) is 24.8. The third kappa shape index (κ3) is 4.06. The summed E-state index contributed by atoms with van der Waals surface area (Å²) in [5.41, 5.74) is -0.166. The van der Waals surface area contributed by atoms with E-state index in [9.17, 15) is 19.5 Å². The van der Waals surface area contributed by atoms with Gasteiger partial charge in [-0.2, -0.15) is 0 Å². The van der Waals surface area contributed by atoms with Gasteiger partial charge in [-0.3, -0.25) is 14.4 Å².